The lowest BCUT2D eigenvalue weighted by Gasteiger charge is -2.34. The fraction of sp³-hybridized carbons (Fsp3) is 1.00. The Bertz CT molecular complexity index is 193. The zero-order valence-electron chi connectivity index (χ0n) is 8.84. The highest BCUT2D eigenvalue weighted by molar-refractivity contribution is 4.98. The molecule has 2 rings (SSSR count). The van der Waals surface area contributed by atoms with E-state index in [0.29, 0.717) is 0 Å². The van der Waals surface area contributed by atoms with Crippen molar-refractivity contribution in [2.24, 2.45) is 0 Å². The van der Waals surface area contributed by atoms with E-state index in [2.05, 4.69) is 24.1 Å². The predicted octanol–water partition coefficient (Wildman–Crippen LogP) is 0.457. The maximum atomic E-state index is 5.45. The van der Waals surface area contributed by atoms with Gasteiger partial charge in [-0.1, -0.05) is 0 Å². The van der Waals surface area contributed by atoms with Gasteiger partial charge in [0, 0.05) is 38.8 Å². The summed E-state index contributed by atoms with van der Waals surface area (Å²) >= 11 is 0. The van der Waals surface area contributed by atoms with E-state index in [1.165, 1.54) is 19.5 Å². The highest BCUT2D eigenvalue weighted by Crippen LogP contribution is 2.25. The minimum atomic E-state index is 0.00444. The summed E-state index contributed by atoms with van der Waals surface area (Å²) in [6.45, 7) is 7.76. The lowest BCUT2D eigenvalue weighted by Crippen LogP contribution is -2.49. The molecular formula is C10H20N2O. The topological polar surface area (TPSA) is 24.5 Å². The molecular weight excluding hydrogens is 164 g/mol. The van der Waals surface area contributed by atoms with E-state index >= 15 is 0 Å². The Balaban J connectivity index is 1.89. The third kappa shape index (κ3) is 1.87. The number of hydrogen-bond donors (Lipinski definition) is 1. The van der Waals surface area contributed by atoms with Crippen LogP contribution >= 0.6 is 0 Å². The average molecular weight is 184 g/mol. The van der Waals surface area contributed by atoms with Gasteiger partial charge in [-0.15, -0.1) is 0 Å². The van der Waals surface area contributed by atoms with Crippen molar-refractivity contribution < 1.29 is 4.74 Å². The first kappa shape index (κ1) is 9.44. The van der Waals surface area contributed by atoms with Crippen molar-refractivity contribution in [2.75, 3.05) is 26.7 Å². The van der Waals surface area contributed by atoms with Gasteiger partial charge in [-0.2, -0.15) is 0 Å². The van der Waals surface area contributed by atoms with Crippen LogP contribution in [0, 0.1) is 0 Å². The highest BCUT2D eigenvalue weighted by atomic mass is 16.5. The fourth-order valence-electron chi connectivity index (χ4n) is 2.39. The molecule has 0 aromatic rings. The fourth-order valence-corrected chi connectivity index (χ4v) is 2.39. The molecule has 3 heteroatoms. The quantitative estimate of drug-likeness (QED) is 0.689. The summed E-state index contributed by atoms with van der Waals surface area (Å²) in [4.78, 5) is 2.56. The lowest BCUT2D eigenvalue weighted by molar-refractivity contribution is -0.0127. The summed E-state index contributed by atoms with van der Waals surface area (Å²) in [7, 11) is 1.80. The molecule has 0 spiro atoms. The molecule has 2 fully saturated rings. The van der Waals surface area contributed by atoms with Gasteiger partial charge in [0.05, 0.1) is 5.60 Å². The molecule has 76 valence electrons. The zero-order chi connectivity index (χ0) is 9.47. The molecule has 2 bridgehead atoms. The van der Waals surface area contributed by atoms with Crippen molar-refractivity contribution in [2.45, 2.75) is 38.0 Å². The Labute approximate surface area is 80.4 Å². The number of rotatable bonds is 3. The zero-order valence-corrected chi connectivity index (χ0v) is 8.84. The van der Waals surface area contributed by atoms with Gasteiger partial charge in [0.15, 0.2) is 0 Å². The summed E-state index contributed by atoms with van der Waals surface area (Å²) in [6.07, 6.45) is 1.33. The van der Waals surface area contributed by atoms with Crippen molar-refractivity contribution in [3.05, 3.63) is 0 Å². The normalized spacial score (nSPS) is 34.4. The second kappa shape index (κ2) is 3.23. The summed E-state index contributed by atoms with van der Waals surface area (Å²) in [5, 5.41) is 3.51. The van der Waals surface area contributed by atoms with Crippen molar-refractivity contribution in [3.63, 3.8) is 0 Å². The molecule has 2 unspecified atom stereocenters. The van der Waals surface area contributed by atoms with Gasteiger partial charge in [-0.05, 0) is 20.3 Å². The molecule has 0 aliphatic carbocycles. The molecule has 2 atom stereocenters. The molecule has 2 aliphatic heterocycles. The molecule has 0 amide bonds. The van der Waals surface area contributed by atoms with E-state index in [1.54, 1.807) is 7.11 Å². The second-order valence-corrected chi connectivity index (χ2v) is 4.89. The standard InChI is InChI=1S/C10H20N2O/c1-10(2,13-3)7-12-6-8-4-9(12)5-11-8/h8-9,11H,4-7H2,1-3H3. The van der Waals surface area contributed by atoms with E-state index in [9.17, 15) is 0 Å². The largest absolute Gasteiger partial charge is 0.377 e. The minimum absolute atomic E-state index is 0.00444. The van der Waals surface area contributed by atoms with Crippen LogP contribution in [0.25, 0.3) is 0 Å². The van der Waals surface area contributed by atoms with Crippen molar-refractivity contribution in [3.8, 4) is 0 Å². The molecule has 2 saturated heterocycles. The average Bonchev–Trinajstić information content (AvgIpc) is 2.64. The van der Waals surface area contributed by atoms with Crippen LogP contribution in [0.5, 0.6) is 0 Å². The Kier molecular flexibility index (Phi) is 2.34. The van der Waals surface area contributed by atoms with Gasteiger partial charge in [0.1, 0.15) is 0 Å². The van der Waals surface area contributed by atoms with Gasteiger partial charge in [0.2, 0.25) is 0 Å². The summed E-state index contributed by atoms with van der Waals surface area (Å²) < 4.78 is 5.45. The van der Waals surface area contributed by atoms with E-state index < -0.39 is 0 Å². The number of likely N-dealkylation sites (tertiary alicyclic amines) is 1. The van der Waals surface area contributed by atoms with E-state index in [-0.39, 0.29) is 5.60 Å². The SMILES string of the molecule is COC(C)(C)CN1CC2CC1CN2. The van der Waals surface area contributed by atoms with Crippen LogP contribution in [0.15, 0.2) is 0 Å². The number of ether oxygens (including phenoxy) is 1. The molecule has 2 aliphatic rings. The molecule has 0 aromatic heterocycles. The van der Waals surface area contributed by atoms with E-state index in [1.807, 2.05) is 0 Å². The first-order valence-corrected chi connectivity index (χ1v) is 5.13. The monoisotopic (exact) mass is 184 g/mol. The maximum Gasteiger partial charge on any atom is 0.0749 e. The maximum absolute atomic E-state index is 5.45. The predicted molar refractivity (Wildman–Crippen MR) is 52.9 cm³/mol. The molecule has 1 N–H and O–H groups in total. The first-order chi connectivity index (χ1) is 6.11. The number of fused-ring (bicyclic) bond motifs is 2. The van der Waals surface area contributed by atoms with Crippen molar-refractivity contribution in [1.82, 2.24) is 10.2 Å². The van der Waals surface area contributed by atoms with Crippen LogP contribution in [-0.2, 0) is 4.74 Å². The smallest absolute Gasteiger partial charge is 0.0749 e. The van der Waals surface area contributed by atoms with E-state index in [0.717, 1.165) is 18.6 Å². The second-order valence-electron chi connectivity index (χ2n) is 4.89. The number of nitrogens with zero attached hydrogens (tertiary/aromatic N) is 1. The number of piperazine rings is 1. The Morgan fingerprint density at radius 2 is 2.31 bits per heavy atom. The van der Waals surface area contributed by atoms with Gasteiger partial charge in [-0.25, -0.2) is 0 Å². The van der Waals surface area contributed by atoms with Crippen LogP contribution in [-0.4, -0.2) is 49.3 Å². The highest BCUT2D eigenvalue weighted by Gasteiger charge is 2.39. The Morgan fingerprint density at radius 1 is 1.54 bits per heavy atom. The molecule has 0 radical (unpaired) electrons. The van der Waals surface area contributed by atoms with Crippen molar-refractivity contribution >= 4 is 0 Å². The number of methoxy groups -OCH3 is 1. The Hall–Kier alpha value is -0.120. The summed E-state index contributed by atoms with van der Waals surface area (Å²) in [5.74, 6) is 0. The molecule has 0 saturated carbocycles. The van der Waals surface area contributed by atoms with Gasteiger partial charge < -0.3 is 10.1 Å². The molecule has 0 aromatic carbocycles. The number of hydrogen-bond acceptors (Lipinski definition) is 3. The third-order valence-electron chi connectivity index (χ3n) is 3.31. The first-order valence-electron chi connectivity index (χ1n) is 5.13. The van der Waals surface area contributed by atoms with Gasteiger partial charge in [0.25, 0.3) is 0 Å². The summed E-state index contributed by atoms with van der Waals surface area (Å²) in [6, 6.07) is 1.51. The molecule has 2 heterocycles. The van der Waals surface area contributed by atoms with Crippen LogP contribution in [0.4, 0.5) is 0 Å². The third-order valence-corrected chi connectivity index (χ3v) is 3.31. The van der Waals surface area contributed by atoms with Gasteiger partial charge in [-0.3, -0.25) is 4.90 Å². The number of nitrogens with one attached hydrogen (secondary N) is 1. The van der Waals surface area contributed by atoms with E-state index in [4.69, 9.17) is 4.74 Å². The molecule has 3 nitrogen and oxygen atoms in total. The van der Waals surface area contributed by atoms with Crippen LogP contribution in [0.3, 0.4) is 0 Å². The van der Waals surface area contributed by atoms with Crippen LogP contribution in [0.2, 0.25) is 0 Å². The summed E-state index contributed by atoms with van der Waals surface area (Å²) in [5.41, 5.74) is 0.00444. The van der Waals surface area contributed by atoms with Crippen LogP contribution < -0.4 is 5.32 Å². The van der Waals surface area contributed by atoms with Crippen molar-refractivity contribution in [1.29, 1.82) is 0 Å². The molecule has 13 heavy (non-hydrogen) atoms. The van der Waals surface area contributed by atoms with Crippen LogP contribution in [0.1, 0.15) is 20.3 Å². The van der Waals surface area contributed by atoms with Gasteiger partial charge >= 0.3 is 0 Å². The minimum Gasteiger partial charge on any atom is -0.377 e. The lowest BCUT2D eigenvalue weighted by atomic mass is 10.1. The Morgan fingerprint density at radius 3 is 2.77 bits per heavy atom.